The van der Waals surface area contributed by atoms with Gasteiger partial charge in [-0.2, -0.15) is 12.6 Å². The van der Waals surface area contributed by atoms with E-state index in [1.807, 2.05) is 39.8 Å². The summed E-state index contributed by atoms with van der Waals surface area (Å²) >= 11 is 4.08. The number of amides is 1. The molecule has 4 nitrogen and oxygen atoms in total. The van der Waals surface area contributed by atoms with Crippen LogP contribution >= 0.6 is 12.6 Å². The molecule has 0 aliphatic heterocycles. The first-order chi connectivity index (χ1) is 9.24. The second kappa shape index (κ2) is 8.84. The summed E-state index contributed by atoms with van der Waals surface area (Å²) in [6.45, 7) is 9.18. The predicted molar refractivity (Wildman–Crippen MR) is 85.1 cm³/mol. The van der Waals surface area contributed by atoms with E-state index in [-0.39, 0.29) is 17.7 Å². The molecule has 0 rings (SSSR count). The lowest BCUT2D eigenvalue weighted by molar-refractivity contribution is -0.149. The van der Waals surface area contributed by atoms with Gasteiger partial charge in [-0.15, -0.1) is 0 Å². The highest BCUT2D eigenvalue weighted by Crippen LogP contribution is 2.19. The zero-order chi connectivity index (χ0) is 15.9. The van der Waals surface area contributed by atoms with E-state index in [4.69, 9.17) is 0 Å². The number of nitrogens with zero attached hydrogens (tertiary/aromatic N) is 1. The van der Waals surface area contributed by atoms with E-state index in [0.717, 1.165) is 11.1 Å². The number of hydrogen-bond acceptors (Lipinski definition) is 3. The van der Waals surface area contributed by atoms with Crippen LogP contribution in [0.2, 0.25) is 0 Å². The molecule has 0 radical (unpaired) electrons. The van der Waals surface area contributed by atoms with Gasteiger partial charge in [0.1, 0.15) is 6.04 Å². The van der Waals surface area contributed by atoms with Gasteiger partial charge in [-0.1, -0.05) is 23.3 Å². The Hall–Kier alpha value is -1.23. The van der Waals surface area contributed by atoms with E-state index in [0.29, 0.717) is 6.42 Å². The molecule has 0 aliphatic carbocycles. The number of hydrogen-bond donors (Lipinski definition) is 2. The lowest BCUT2D eigenvalue weighted by Gasteiger charge is -2.34. The molecule has 0 aromatic rings. The molecule has 114 valence electrons. The monoisotopic (exact) mass is 299 g/mol. The molecule has 20 heavy (non-hydrogen) atoms. The summed E-state index contributed by atoms with van der Waals surface area (Å²) in [6, 6.07) is -1.18. The van der Waals surface area contributed by atoms with Gasteiger partial charge >= 0.3 is 5.97 Å². The zero-order valence-electron chi connectivity index (χ0n) is 12.9. The maximum atomic E-state index is 11.9. The topological polar surface area (TPSA) is 57.6 Å². The number of carboxylic acid groups (broad SMARTS) is 1. The summed E-state index contributed by atoms with van der Waals surface area (Å²) in [7, 11) is 0. The average molecular weight is 299 g/mol. The van der Waals surface area contributed by atoms with Crippen LogP contribution in [-0.4, -0.2) is 39.7 Å². The predicted octanol–water partition coefficient (Wildman–Crippen LogP) is 2.91. The molecule has 0 fully saturated rings. The van der Waals surface area contributed by atoms with E-state index < -0.39 is 12.0 Å². The quantitative estimate of drug-likeness (QED) is 0.561. The van der Waals surface area contributed by atoms with Gasteiger partial charge in [-0.25, -0.2) is 4.79 Å². The summed E-state index contributed by atoms with van der Waals surface area (Å²) in [5.41, 5.74) is 2.16. The lowest BCUT2D eigenvalue weighted by atomic mass is 10.0. The standard InChI is InChI=1S/C15H25NO3S/c1-6-11(4)8-13(7-10(2)3)16(12(5)17)14(9-20)15(18)19/h6-7,13-14,20H,8-9H2,1-5H3,(H,18,19)/t13?,14-/m0/s1. The number of aliphatic carboxylic acids is 1. The minimum absolute atomic E-state index is 0.0941. The fourth-order valence-corrected chi connectivity index (χ4v) is 2.37. The van der Waals surface area contributed by atoms with Gasteiger partial charge < -0.3 is 10.0 Å². The van der Waals surface area contributed by atoms with Gasteiger partial charge in [-0.05, 0) is 34.1 Å². The van der Waals surface area contributed by atoms with Crippen LogP contribution in [0.1, 0.15) is 41.0 Å². The maximum Gasteiger partial charge on any atom is 0.327 e. The third-order valence-electron chi connectivity index (χ3n) is 3.06. The van der Waals surface area contributed by atoms with Crippen LogP contribution in [0.25, 0.3) is 0 Å². The molecular weight excluding hydrogens is 274 g/mol. The average Bonchev–Trinajstić information content (AvgIpc) is 2.33. The summed E-state index contributed by atoms with van der Waals surface area (Å²) in [5.74, 6) is -1.19. The lowest BCUT2D eigenvalue weighted by Crippen LogP contribution is -2.50. The third kappa shape index (κ3) is 5.82. The van der Waals surface area contributed by atoms with Gasteiger partial charge in [0.05, 0.1) is 6.04 Å². The summed E-state index contributed by atoms with van der Waals surface area (Å²) in [4.78, 5) is 24.7. The van der Waals surface area contributed by atoms with Gasteiger partial charge in [0.2, 0.25) is 5.91 Å². The normalized spacial score (nSPS) is 14.4. The maximum absolute atomic E-state index is 11.9. The Kier molecular flexibility index (Phi) is 8.30. The number of carbonyl (C=O) groups is 2. The molecule has 1 N–H and O–H groups in total. The molecule has 0 heterocycles. The molecule has 0 bridgehead atoms. The van der Waals surface area contributed by atoms with Crippen molar-refractivity contribution in [2.24, 2.45) is 0 Å². The van der Waals surface area contributed by atoms with E-state index in [2.05, 4.69) is 12.6 Å². The fourth-order valence-electron chi connectivity index (χ4n) is 2.04. The molecule has 1 amide bonds. The Balaban J connectivity index is 5.58. The smallest absolute Gasteiger partial charge is 0.327 e. The molecule has 5 heteroatoms. The fraction of sp³-hybridized carbons (Fsp3) is 0.600. The highest BCUT2D eigenvalue weighted by Gasteiger charge is 2.31. The van der Waals surface area contributed by atoms with Crippen molar-refractivity contribution in [2.75, 3.05) is 5.75 Å². The minimum Gasteiger partial charge on any atom is -0.480 e. The Morgan fingerprint density at radius 2 is 1.80 bits per heavy atom. The highest BCUT2D eigenvalue weighted by atomic mass is 32.1. The second-order valence-electron chi connectivity index (χ2n) is 5.11. The Morgan fingerprint density at radius 3 is 2.10 bits per heavy atom. The van der Waals surface area contributed by atoms with Crippen molar-refractivity contribution < 1.29 is 14.7 Å². The van der Waals surface area contributed by atoms with E-state index in [9.17, 15) is 14.7 Å². The van der Waals surface area contributed by atoms with Crippen LogP contribution < -0.4 is 0 Å². The molecule has 1 unspecified atom stereocenters. The van der Waals surface area contributed by atoms with Crippen LogP contribution in [0, 0.1) is 0 Å². The van der Waals surface area contributed by atoms with Crippen molar-refractivity contribution in [1.82, 2.24) is 4.90 Å². The molecule has 0 saturated heterocycles. The Morgan fingerprint density at radius 1 is 1.25 bits per heavy atom. The molecule has 0 aromatic carbocycles. The first kappa shape index (κ1) is 18.8. The highest BCUT2D eigenvalue weighted by molar-refractivity contribution is 7.80. The van der Waals surface area contributed by atoms with Crippen molar-refractivity contribution in [3.05, 3.63) is 23.3 Å². The number of carboxylic acids is 1. The van der Waals surface area contributed by atoms with E-state index >= 15 is 0 Å². The molecule has 0 saturated carbocycles. The van der Waals surface area contributed by atoms with Gasteiger partial charge in [0, 0.05) is 12.7 Å². The van der Waals surface area contributed by atoms with E-state index in [1.54, 1.807) is 0 Å². The van der Waals surface area contributed by atoms with Crippen molar-refractivity contribution in [3.63, 3.8) is 0 Å². The van der Waals surface area contributed by atoms with Gasteiger partial charge in [-0.3, -0.25) is 4.79 Å². The van der Waals surface area contributed by atoms with Crippen LogP contribution in [0.3, 0.4) is 0 Å². The van der Waals surface area contributed by atoms with E-state index in [1.165, 1.54) is 11.8 Å². The first-order valence-corrected chi connectivity index (χ1v) is 7.27. The van der Waals surface area contributed by atoms with Crippen LogP contribution in [0.15, 0.2) is 23.3 Å². The van der Waals surface area contributed by atoms with Crippen LogP contribution in [0.5, 0.6) is 0 Å². The summed E-state index contributed by atoms with van der Waals surface area (Å²) in [5, 5.41) is 9.29. The van der Waals surface area contributed by atoms with Crippen LogP contribution in [-0.2, 0) is 9.59 Å². The molecule has 0 spiro atoms. The number of allylic oxidation sites excluding steroid dienone is 2. The third-order valence-corrected chi connectivity index (χ3v) is 3.41. The zero-order valence-corrected chi connectivity index (χ0v) is 13.8. The Labute approximate surface area is 127 Å². The Bertz CT molecular complexity index is 411. The molecule has 0 aliphatic rings. The number of rotatable bonds is 7. The second-order valence-corrected chi connectivity index (χ2v) is 5.48. The largest absolute Gasteiger partial charge is 0.480 e. The molecular formula is C15H25NO3S. The number of carbonyl (C=O) groups excluding carboxylic acids is 1. The van der Waals surface area contributed by atoms with Crippen molar-refractivity contribution >= 4 is 24.5 Å². The van der Waals surface area contributed by atoms with Crippen molar-refractivity contribution in [3.8, 4) is 0 Å². The van der Waals surface area contributed by atoms with Gasteiger partial charge in [0.25, 0.3) is 0 Å². The molecule has 0 aromatic heterocycles. The SMILES string of the molecule is CC=C(C)CC(C=C(C)C)N(C(C)=O)[C@@H](CS)C(=O)O. The van der Waals surface area contributed by atoms with Crippen LogP contribution in [0.4, 0.5) is 0 Å². The van der Waals surface area contributed by atoms with Crippen molar-refractivity contribution in [1.29, 1.82) is 0 Å². The van der Waals surface area contributed by atoms with Crippen molar-refractivity contribution in [2.45, 2.75) is 53.1 Å². The van der Waals surface area contributed by atoms with Gasteiger partial charge in [0.15, 0.2) is 0 Å². The minimum atomic E-state index is -1.03. The first-order valence-electron chi connectivity index (χ1n) is 6.63. The summed E-state index contributed by atoms with van der Waals surface area (Å²) in [6.07, 6.45) is 4.53. The number of thiol groups is 1. The summed E-state index contributed by atoms with van der Waals surface area (Å²) < 4.78 is 0. The molecule has 2 atom stereocenters.